The van der Waals surface area contributed by atoms with Crippen LogP contribution in [0.4, 0.5) is 5.69 Å². The van der Waals surface area contributed by atoms with E-state index in [-0.39, 0.29) is 0 Å². The normalized spacial score (nSPS) is 11.0. The van der Waals surface area contributed by atoms with E-state index in [0.717, 1.165) is 16.8 Å². The standard InChI is InChI=1S/C18H19Cl2NO2/c1-4-22-17-9-13(8-16(20)18(17)23-5-2)11-21-14-7-6-12(3)15(19)10-14/h6-11H,4-5H2,1-3H3. The summed E-state index contributed by atoms with van der Waals surface area (Å²) in [5.74, 6) is 1.18. The van der Waals surface area contributed by atoms with Crippen molar-refractivity contribution in [1.29, 1.82) is 0 Å². The third-order valence-electron chi connectivity index (χ3n) is 3.14. The number of rotatable bonds is 6. The molecular weight excluding hydrogens is 333 g/mol. The molecule has 5 heteroatoms. The Morgan fingerprint density at radius 3 is 2.39 bits per heavy atom. The SMILES string of the molecule is CCOc1cc(C=Nc2ccc(C)c(Cl)c2)cc(Cl)c1OCC. The zero-order chi connectivity index (χ0) is 16.8. The molecule has 0 saturated heterocycles. The Hall–Kier alpha value is -1.71. The predicted molar refractivity (Wildman–Crippen MR) is 97.2 cm³/mol. The van der Waals surface area contributed by atoms with E-state index in [1.807, 2.05) is 45.0 Å². The van der Waals surface area contributed by atoms with Gasteiger partial charge in [0.25, 0.3) is 0 Å². The summed E-state index contributed by atoms with van der Waals surface area (Å²) in [5, 5.41) is 1.19. The number of hydrogen-bond acceptors (Lipinski definition) is 3. The van der Waals surface area contributed by atoms with E-state index in [9.17, 15) is 0 Å². The number of aryl methyl sites for hydroxylation is 1. The molecule has 0 aliphatic heterocycles. The number of nitrogens with zero attached hydrogens (tertiary/aromatic N) is 1. The molecule has 2 rings (SSSR count). The lowest BCUT2D eigenvalue weighted by atomic mass is 10.2. The van der Waals surface area contributed by atoms with Crippen LogP contribution in [0.5, 0.6) is 11.5 Å². The van der Waals surface area contributed by atoms with Gasteiger partial charge in [-0.3, -0.25) is 4.99 Å². The van der Waals surface area contributed by atoms with E-state index in [1.165, 1.54) is 0 Å². The fourth-order valence-electron chi connectivity index (χ4n) is 2.02. The summed E-state index contributed by atoms with van der Waals surface area (Å²) >= 11 is 12.4. The van der Waals surface area contributed by atoms with Gasteiger partial charge in [0.2, 0.25) is 0 Å². The number of halogens is 2. The third-order valence-corrected chi connectivity index (χ3v) is 3.83. The summed E-state index contributed by atoms with van der Waals surface area (Å²) in [4.78, 5) is 4.43. The van der Waals surface area contributed by atoms with Crippen molar-refractivity contribution in [3.8, 4) is 11.5 Å². The number of ether oxygens (including phenoxy) is 2. The van der Waals surface area contributed by atoms with E-state index >= 15 is 0 Å². The lowest BCUT2D eigenvalue weighted by molar-refractivity contribution is 0.288. The van der Waals surface area contributed by atoms with Crippen LogP contribution < -0.4 is 9.47 Å². The minimum absolute atomic E-state index is 0.501. The summed E-state index contributed by atoms with van der Waals surface area (Å²) in [6.07, 6.45) is 1.73. The summed E-state index contributed by atoms with van der Waals surface area (Å²) < 4.78 is 11.2. The van der Waals surface area contributed by atoms with Gasteiger partial charge >= 0.3 is 0 Å². The molecule has 2 aromatic carbocycles. The topological polar surface area (TPSA) is 30.8 Å². The zero-order valence-electron chi connectivity index (χ0n) is 13.4. The fourth-order valence-corrected chi connectivity index (χ4v) is 2.47. The van der Waals surface area contributed by atoms with Gasteiger partial charge in [-0.05, 0) is 56.2 Å². The van der Waals surface area contributed by atoms with Gasteiger partial charge < -0.3 is 9.47 Å². The number of aliphatic imine (C=N–C) groups is 1. The van der Waals surface area contributed by atoms with Crippen molar-refractivity contribution in [2.75, 3.05) is 13.2 Å². The fraction of sp³-hybridized carbons (Fsp3) is 0.278. The van der Waals surface area contributed by atoms with Crippen molar-refractivity contribution in [2.24, 2.45) is 4.99 Å². The van der Waals surface area contributed by atoms with Crippen molar-refractivity contribution in [2.45, 2.75) is 20.8 Å². The average Bonchev–Trinajstić information content (AvgIpc) is 2.52. The third kappa shape index (κ3) is 4.63. The van der Waals surface area contributed by atoms with Crippen LogP contribution in [0.3, 0.4) is 0 Å². The van der Waals surface area contributed by atoms with Crippen LogP contribution >= 0.6 is 23.2 Å². The van der Waals surface area contributed by atoms with Crippen molar-refractivity contribution in [3.63, 3.8) is 0 Å². The maximum atomic E-state index is 6.29. The van der Waals surface area contributed by atoms with Crippen LogP contribution in [0.25, 0.3) is 0 Å². The predicted octanol–water partition coefficient (Wildman–Crippen LogP) is 5.85. The smallest absolute Gasteiger partial charge is 0.179 e. The second kappa shape index (κ2) is 8.23. The van der Waals surface area contributed by atoms with E-state index in [2.05, 4.69) is 4.99 Å². The maximum absolute atomic E-state index is 6.29. The second-order valence-corrected chi connectivity index (χ2v) is 5.70. The molecule has 0 atom stereocenters. The lowest BCUT2D eigenvalue weighted by Gasteiger charge is -2.13. The highest BCUT2D eigenvalue weighted by Gasteiger charge is 2.11. The Kier molecular flexibility index (Phi) is 6.31. The van der Waals surface area contributed by atoms with Crippen molar-refractivity contribution < 1.29 is 9.47 Å². The van der Waals surface area contributed by atoms with Gasteiger partial charge in [0.05, 0.1) is 23.9 Å². The lowest BCUT2D eigenvalue weighted by Crippen LogP contribution is -2.00. The van der Waals surface area contributed by atoms with E-state index < -0.39 is 0 Å². The molecule has 23 heavy (non-hydrogen) atoms. The zero-order valence-corrected chi connectivity index (χ0v) is 14.9. The molecule has 0 aromatic heterocycles. The molecular formula is C18H19Cl2NO2. The van der Waals surface area contributed by atoms with Gasteiger partial charge in [-0.1, -0.05) is 29.3 Å². The minimum atomic E-state index is 0.501. The first-order valence-corrected chi connectivity index (χ1v) is 8.20. The molecule has 0 radical (unpaired) electrons. The molecule has 0 aliphatic rings. The molecule has 122 valence electrons. The van der Waals surface area contributed by atoms with Gasteiger partial charge in [-0.25, -0.2) is 0 Å². The highest BCUT2D eigenvalue weighted by atomic mass is 35.5. The molecule has 0 N–H and O–H groups in total. The van der Waals surface area contributed by atoms with Crippen molar-refractivity contribution in [1.82, 2.24) is 0 Å². The number of benzene rings is 2. The average molecular weight is 352 g/mol. The highest BCUT2D eigenvalue weighted by molar-refractivity contribution is 6.32. The molecule has 3 nitrogen and oxygen atoms in total. The summed E-state index contributed by atoms with van der Waals surface area (Å²) in [7, 11) is 0. The van der Waals surface area contributed by atoms with E-state index in [0.29, 0.717) is 34.8 Å². The minimum Gasteiger partial charge on any atom is -0.490 e. The molecule has 0 aliphatic carbocycles. The van der Waals surface area contributed by atoms with E-state index in [4.69, 9.17) is 32.7 Å². The Balaban J connectivity index is 2.31. The summed E-state index contributed by atoms with van der Waals surface area (Å²) in [5.41, 5.74) is 2.63. The molecule has 2 aromatic rings. The molecule has 0 saturated carbocycles. The molecule has 0 bridgehead atoms. The maximum Gasteiger partial charge on any atom is 0.179 e. The Morgan fingerprint density at radius 2 is 1.74 bits per heavy atom. The quantitative estimate of drug-likeness (QED) is 0.611. The molecule has 0 amide bonds. The Labute approximate surface area is 146 Å². The highest BCUT2D eigenvalue weighted by Crippen LogP contribution is 2.36. The van der Waals surface area contributed by atoms with Crippen LogP contribution in [-0.4, -0.2) is 19.4 Å². The summed E-state index contributed by atoms with van der Waals surface area (Å²) in [6, 6.07) is 9.34. The second-order valence-electron chi connectivity index (χ2n) is 4.89. The van der Waals surface area contributed by atoms with Crippen LogP contribution in [0, 0.1) is 6.92 Å². The first kappa shape index (κ1) is 17.6. The van der Waals surface area contributed by atoms with Crippen LogP contribution in [0.2, 0.25) is 10.0 Å². The van der Waals surface area contributed by atoms with Gasteiger partial charge in [0.15, 0.2) is 11.5 Å². The van der Waals surface area contributed by atoms with Crippen LogP contribution in [0.15, 0.2) is 35.3 Å². The largest absolute Gasteiger partial charge is 0.490 e. The molecule has 0 fully saturated rings. The van der Waals surface area contributed by atoms with Crippen LogP contribution in [-0.2, 0) is 0 Å². The first-order valence-electron chi connectivity index (χ1n) is 7.44. The monoisotopic (exact) mass is 351 g/mol. The number of hydrogen-bond donors (Lipinski definition) is 0. The van der Waals surface area contributed by atoms with Gasteiger partial charge in [-0.2, -0.15) is 0 Å². The Morgan fingerprint density at radius 1 is 1.00 bits per heavy atom. The Bertz CT molecular complexity index is 714. The van der Waals surface area contributed by atoms with Gasteiger partial charge in [-0.15, -0.1) is 0 Å². The van der Waals surface area contributed by atoms with Crippen molar-refractivity contribution >= 4 is 35.1 Å². The van der Waals surface area contributed by atoms with Gasteiger partial charge in [0, 0.05) is 11.2 Å². The van der Waals surface area contributed by atoms with E-state index in [1.54, 1.807) is 12.3 Å². The molecule has 0 unspecified atom stereocenters. The van der Waals surface area contributed by atoms with Crippen molar-refractivity contribution in [3.05, 3.63) is 51.5 Å². The van der Waals surface area contributed by atoms with Crippen LogP contribution in [0.1, 0.15) is 25.0 Å². The van der Waals surface area contributed by atoms with Gasteiger partial charge in [0.1, 0.15) is 0 Å². The molecule has 0 heterocycles. The summed E-state index contributed by atoms with van der Waals surface area (Å²) in [6.45, 7) is 6.83. The molecule has 0 spiro atoms. The first-order chi connectivity index (χ1) is 11.0.